The molecule has 6 atom stereocenters. The van der Waals surface area contributed by atoms with Crippen LogP contribution in [0, 0.1) is 17.7 Å². The molecule has 4 saturated heterocycles. The second kappa shape index (κ2) is 12.9. The van der Waals surface area contributed by atoms with Gasteiger partial charge < -0.3 is 24.8 Å². The minimum atomic E-state index is -0.546. The van der Waals surface area contributed by atoms with Crippen molar-refractivity contribution >= 4 is 39.1 Å². The lowest BCUT2D eigenvalue weighted by Crippen LogP contribution is -2.51. The van der Waals surface area contributed by atoms with Crippen LogP contribution in [-0.4, -0.2) is 83.6 Å². The van der Waals surface area contributed by atoms with Crippen LogP contribution in [0.25, 0.3) is 32.8 Å². The van der Waals surface area contributed by atoms with E-state index in [1.54, 1.807) is 18.2 Å². The van der Waals surface area contributed by atoms with E-state index >= 15 is 4.39 Å². The maximum absolute atomic E-state index is 17.0. The van der Waals surface area contributed by atoms with Gasteiger partial charge in [0.2, 0.25) is 0 Å². The van der Waals surface area contributed by atoms with Gasteiger partial charge in [0.1, 0.15) is 23.7 Å². The van der Waals surface area contributed by atoms with Gasteiger partial charge in [0.25, 0.3) is 0 Å². The molecular formula is C40H45ClFN5O3. The van der Waals surface area contributed by atoms with Gasteiger partial charge in [-0.15, -0.1) is 0 Å². The van der Waals surface area contributed by atoms with Crippen molar-refractivity contribution in [3.05, 3.63) is 65.0 Å². The lowest BCUT2D eigenvalue weighted by atomic mass is 9.90. The fraction of sp³-hybridized carbons (Fsp3) is 0.500. The van der Waals surface area contributed by atoms with Crippen LogP contribution < -0.4 is 15.0 Å². The average molecular weight is 698 g/mol. The van der Waals surface area contributed by atoms with E-state index in [1.807, 2.05) is 31.4 Å². The summed E-state index contributed by atoms with van der Waals surface area (Å²) in [4.78, 5) is 14.7. The Morgan fingerprint density at radius 2 is 1.76 bits per heavy atom. The molecular weight excluding hydrogens is 653 g/mol. The normalized spacial score (nSPS) is 29.3. The van der Waals surface area contributed by atoms with Crippen molar-refractivity contribution in [2.75, 3.05) is 38.3 Å². The summed E-state index contributed by atoms with van der Waals surface area (Å²) in [7, 11) is 1.85. The highest BCUT2D eigenvalue weighted by Crippen LogP contribution is 2.44. The molecule has 5 heterocycles. The van der Waals surface area contributed by atoms with Crippen LogP contribution in [0.3, 0.4) is 0 Å². The molecule has 0 radical (unpaired) electrons. The maximum Gasteiger partial charge on any atom is 0.319 e. The zero-order chi connectivity index (χ0) is 34.1. The summed E-state index contributed by atoms with van der Waals surface area (Å²) in [6.45, 7) is 5.33. The number of ether oxygens (including phenoxy) is 2. The molecule has 5 unspecified atom stereocenters. The van der Waals surface area contributed by atoms with Crippen LogP contribution in [0.2, 0.25) is 5.02 Å². The number of hydrogen-bond donors (Lipinski definition) is 2. The van der Waals surface area contributed by atoms with E-state index in [1.165, 1.54) is 18.4 Å². The number of methoxy groups -OCH3 is 1. The van der Waals surface area contributed by atoms with Gasteiger partial charge in [-0.05, 0) is 96.9 Å². The van der Waals surface area contributed by atoms with Gasteiger partial charge in [-0.3, -0.25) is 4.90 Å². The number of nitrogens with zero attached hydrogens (tertiary/aromatic N) is 4. The van der Waals surface area contributed by atoms with Gasteiger partial charge in [0.05, 0.1) is 11.1 Å². The number of piperidine rings is 1. The number of phenolic OH excluding ortho intramolecular Hbond substituents is 1. The Hall–Kier alpha value is -3.50. The van der Waals surface area contributed by atoms with Crippen molar-refractivity contribution in [2.45, 2.75) is 82.1 Å². The molecule has 4 aliphatic heterocycles. The van der Waals surface area contributed by atoms with E-state index in [9.17, 15) is 5.11 Å². The van der Waals surface area contributed by atoms with Gasteiger partial charge in [0.15, 0.2) is 5.82 Å². The number of piperazine rings is 1. The summed E-state index contributed by atoms with van der Waals surface area (Å²) >= 11 is 6.94. The van der Waals surface area contributed by atoms with Gasteiger partial charge in [-0.25, -0.2) is 4.39 Å². The Morgan fingerprint density at radius 3 is 2.52 bits per heavy atom. The first-order valence-electron chi connectivity index (χ1n) is 18.4. The van der Waals surface area contributed by atoms with Crippen LogP contribution in [0.1, 0.15) is 51.9 Å². The number of rotatable bonds is 8. The van der Waals surface area contributed by atoms with E-state index in [0.29, 0.717) is 65.5 Å². The van der Waals surface area contributed by atoms with Crippen molar-refractivity contribution in [1.29, 1.82) is 0 Å². The van der Waals surface area contributed by atoms with Crippen LogP contribution in [-0.2, 0) is 4.74 Å². The van der Waals surface area contributed by atoms with E-state index in [2.05, 4.69) is 28.1 Å². The molecule has 8 nitrogen and oxygen atoms in total. The second-order valence-electron chi connectivity index (χ2n) is 15.3. The smallest absolute Gasteiger partial charge is 0.319 e. The third-order valence-corrected chi connectivity index (χ3v) is 12.7. The summed E-state index contributed by atoms with van der Waals surface area (Å²) < 4.78 is 29.1. The Balaban J connectivity index is 1.03. The quantitative estimate of drug-likeness (QED) is 0.183. The molecule has 262 valence electrons. The number of benzene rings is 3. The van der Waals surface area contributed by atoms with Crippen LogP contribution in [0.15, 0.2) is 54.1 Å². The van der Waals surface area contributed by atoms with Crippen molar-refractivity contribution in [1.82, 2.24) is 20.2 Å². The molecule has 4 aromatic rings. The van der Waals surface area contributed by atoms with Gasteiger partial charge in [-0.2, -0.15) is 9.97 Å². The topological polar surface area (TPSA) is 83.0 Å². The number of fused-ring (bicyclic) bond motifs is 6. The van der Waals surface area contributed by atoms with Crippen molar-refractivity contribution in [3.8, 4) is 22.9 Å². The third-order valence-electron chi connectivity index (χ3n) is 12.4. The minimum Gasteiger partial charge on any atom is -0.508 e. The zero-order valence-corrected chi connectivity index (χ0v) is 29.5. The average Bonchev–Trinajstić information content (AvgIpc) is 3.72. The molecule has 0 saturated carbocycles. The lowest BCUT2D eigenvalue weighted by molar-refractivity contribution is -0.00152. The third kappa shape index (κ3) is 5.70. The van der Waals surface area contributed by atoms with Crippen LogP contribution in [0.5, 0.6) is 11.8 Å². The number of anilines is 1. The molecule has 0 amide bonds. The number of halogens is 2. The zero-order valence-electron chi connectivity index (χ0n) is 28.7. The van der Waals surface area contributed by atoms with Gasteiger partial charge >= 0.3 is 6.01 Å². The highest BCUT2D eigenvalue weighted by Gasteiger charge is 2.43. The lowest BCUT2D eigenvalue weighted by Gasteiger charge is -2.40. The van der Waals surface area contributed by atoms with E-state index in [-0.39, 0.29) is 27.9 Å². The summed E-state index contributed by atoms with van der Waals surface area (Å²) in [5.41, 5.74) is 2.15. The molecule has 5 aliphatic rings. The fourth-order valence-electron chi connectivity index (χ4n) is 9.74. The largest absolute Gasteiger partial charge is 0.508 e. The fourth-order valence-corrected chi connectivity index (χ4v) is 10.0. The molecule has 9 rings (SSSR count). The molecule has 1 aliphatic carbocycles. The molecule has 3 aromatic carbocycles. The molecule has 1 aromatic heterocycles. The molecule has 2 N–H and O–H groups in total. The van der Waals surface area contributed by atoms with Crippen LogP contribution >= 0.6 is 11.6 Å². The molecule has 4 bridgehead atoms. The minimum absolute atomic E-state index is 0.0438. The highest BCUT2D eigenvalue weighted by atomic mass is 35.5. The first-order valence-corrected chi connectivity index (χ1v) is 18.7. The second-order valence-corrected chi connectivity index (χ2v) is 15.7. The Labute approximate surface area is 297 Å². The Morgan fingerprint density at radius 1 is 1.00 bits per heavy atom. The van der Waals surface area contributed by atoms with E-state index < -0.39 is 5.82 Å². The summed E-state index contributed by atoms with van der Waals surface area (Å²) in [5, 5.41) is 16.7. The van der Waals surface area contributed by atoms with Crippen molar-refractivity contribution in [2.24, 2.45) is 11.8 Å². The Kier molecular flexibility index (Phi) is 8.38. The van der Waals surface area contributed by atoms with Crippen molar-refractivity contribution in [3.63, 3.8) is 0 Å². The number of aromatic nitrogens is 2. The molecule has 4 fully saturated rings. The predicted molar refractivity (Wildman–Crippen MR) is 196 cm³/mol. The Bertz CT molecular complexity index is 1960. The standard InChI is InChI=1S/C40H45ClFN5O3/c1-22-24(18-47-28-11-12-29(47)15-31(14-28)49-2)7-8-25(22)21-50-40-44-38-34(39(45-40)46-19-26-9-10-27(20-46)43-26)17-35(41)36(37(38)42)33-16-30(48)13-23-5-3-4-6-32(23)33/h3-6,8,13,16-17,22,24,26-29,31,43,48H,7,9-12,14-15,18-21H2,1-2H3/t22-,24?,26?,27?,28?,29?,31?/m1/s1. The summed E-state index contributed by atoms with van der Waals surface area (Å²) in [5.74, 6) is 1.06. The van der Waals surface area contributed by atoms with E-state index in [4.69, 9.17) is 31.0 Å². The number of nitrogens with one attached hydrogen (secondary N) is 1. The maximum atomic E-state index is 17.0. The molecule has 50 heavy (non-hydrogen) atoms. The van der Waals surface area contributed by atoms with Gasteiger partial charge in [0, 0.05) is 61.9 Å². The number of aromatic hydroxyl groups is 1. The predicted octanol–water partition coefficient (Wildman–Crippen LogP) is 7.49. The van der Waals surface area contributed by atoms with Gasteiger partial charge in [-0.1, -0.05) is 48.9 Å². The SMILES string of the molecule is COC1CC2CCC(C1)N2CC1CC=C(COc2nc(N3CC4CCC(C3)N4)c3cc(Cl)c(-c4cc(O)cc5ccccc45)c(F)c3n2)[C@@H]1C. The summed E-state index contributed by atoms with van der Waals surface area (Å²) in [6, 6.07) is 14.8. The monoisotopic (exact) mass is 697 g/mol. The first kappa shape index (κ1) is 32.4. The first-order chi connectivity index (χ1) is 24.3. The van der Waals surface area contributed by atoms with Crippen LogP contribution in [0.4, 0.5) is 10.2 Å². The van der Waals surface area contributed by atoms with E-state index in [0.717, 1.165) is 62.5 Å². The number of hydrogen-bond acceptors (Lipinski definition) is 8. The number of phenols is 1. The molecule has 0 spiro atoms. The van der Waals surface area contributed by atoms with Crippen molar-refractivity contribution < 1.29 is 19.0 Å². The summed E-state index contributed by atoms with van der Waals surface area (Å²) in [6.07, 6.45) is 10.8. The highest BCUT2D eigenvalue weighted by molar-refractivity contribution is 6.35. The molecule has 10 heteroatoms. The number of allylic oxidation sites excluding steroid dienone is 1.